The number of likely N-dealkylation sites (tertiary alicyclic amines) is 2. The van der Waals surface area contributed by atoms with Crippen LogP contribution in [0.4, 0.5) is 0 Å². The fourth-order valence-corrected chi connectivity index (χ4v) is 5.12. The van der Waals surface area contributed by atoms with E-state index in [-0.39, 0.29) is 5.91 Å². The molecule has 180 valence electrons. The molecule has 3 aromatic rings. The summed E-state index contributed by atoms with van der Waals surface area (Å²) in [6.45, 7) is 5.43. The van der Waals surface area contributed by atoms with Gasteiger partial charge in [0.1, 0.15) is 5.84 Å². The molecule has 0 atom stereocenters. The summed E-state index contributed by atoms with van der Waals surface area (Å²) in [4.78, 5) is 27.0. The minimum atomic E-state index is -0.209. The number of aromatic nitrogens is 3. The van der Waals surface area contributed by atoms with Crippen molar-refractivity contribution in [2.24, 2.45) is 4.99 Å². The number of carbonyl (C=O) groups is 1. The number of aromatic amines is 1. The van der Waals surface area contributed by atoms with Gasteiger partial charge in [-0.3, -0.25) is 19.8 Å². The molecule has 2 fully saturated rings. The number of piperidine rings is 1. The number of hydrogen-bond donors (Lipinski definition) is 2. The average molecular weight is 470 g/mol. The molecule has 0 saturated carbocycles. The molecule has 35 heavy (non-hydrogen) atoms. The van der Waals surface area contributed by atoms with Crippen LogP contribution in [0.3, 0.4) is 0 Å². The number of amidine groups is 1. The first-order valence-corrected chi connectivity index (χ1v) is 12.7. The molecule has 0 aliphatic carbocycles. The van der Waals surface area contributed by atoms with Gasteiger partial charge in [-0.05, 0) is 68.1 Å². The predicted octanol–water partition coefficient (Wildman–Crippen LogP) is 4.08. The molecule has 0 radical (unpaired) electrons. The number of pyridine rings is 1. The third-order valence-electron chi connectivity index (χ3n) is 7.24. The maximum absolute atomic E-state index is 13.1. The first-order valence-electron chi connectivity index (χ1n) is 12.7. The van der Waals surface area contributed by atoms with Crippen molar-refractivity contribution in [1.29, 1.82) is 0 Å². The topological polar surface area (TPSA) is 89.5 Å². The maximum atomic E-state index is 13.1. The molecule has 0 unspecified atom stereocenters. The SMILES string of the molecule is O=C(NC1=CN=C(N2CCC2)CC1)c1n[nH]c2ccc(-c3cncc(CN4CCCCC4)c3)cc12. The highest BCUT2D eigenvalue weighted by atomic mass is 16.2. The molecule has 8 nitrogen and oxygen atoms in total. The zero-order valence-corrected chi connectivity index (χ0v) is 20.0. The van der Waals surface area contributed by atoms with Crippen molar-refractivity contribution in [2.75, 3.05) is 26.2 Å². The highest BCUT2D eigenvalue weighted by Gasteiger charge is 2.22. The molecule has 1 aromatic carbocycles. The third kappa shape index (κ3) is 4.71. The van der Waals surface area contributed by atoms with Gasteiger partial charge in [0.2, 0.25) is 0 Å². The van der Waals surface area contributed by atoms with Crippen LogP contribution in [-0.4, -0.2) is 62.9 Å². The zero-order valence-electron chi connectivity index (χ0n) is 20.0. The van der Waals surface area contributed by atoms with Gasteiger partial charge in [0.15, 0.2) is 5.69 Å². The standard InChI is InChI=1S/C27H31N7O/c35-27(30-22-6-8-25(29-17-22)34-11-4-12-34)26-23-14-20(5-7-24(23)31-32-26)21-13-19(15-28-16-21)18-33-9-2-1-3-10-33/h5,7,13-17H,1-4,6,8-12,18H2,(H,30,35)(H,31,32). The van der Waals surface area contributed by atoms with Crippen molar-refractivity contribution < 1.29 is 4.79 Å². The van der Waals surface area contributed by atoms with E-state index >= 15 is 0 Å². The highest BCUT2D eigenvalue weighted by molar-refractivity contribution is 6.06. The van der Waals surface area contributed by atoms with E-state index in [1.165, 1.54) is 31.2 Å². The summed E-state index contributed by atoms with van der Waals surface area (Å²) in [6, 6.07) is 8.28. The molecule has 1 amide bonds. The Labute approximate surface area is 205 Å². The lowest BCUT2D eigenvalue weighted by molar-refractivity contribution is 0.0961. The van der Waals surface area contributed by atoms with E-state index in [2.05, 4.69) is 47.4 Å². The number of rotatable bonds is 5. The highest BCUT2D eigenvalue weighted by Crippen LogP contribution is 2.27. The second kappa shape index (κ2) is 9.62. The van der Waals surface area contributed by atoms with E-state index in [0.29, 0.717) is 5.69 Å². The molecule has 3 aliphatic rings. The van der Waals surface area contributed by atoms with E-state index < -0.39 is 0 Å². The maximum Gasteiger partial charge on any atom is 0.276 e. The number of benzene rings is 1. The van der Waals surface area contributed by atoms with E-state index in [4.69, 9.17) is 0 Å². The Kier molecular flexibility index (Phi) is 6.04. The van der Waals surface area contributed by atoms with Crippen molar-refractivity contribution in [1.82, 2.24) is 30.3 Å². The minimum Gasteiger partial charge on any atom is -0.360 e. The van der Waals surface area contributed by atoms with Crippen LogP contribution in [0.5, 0.6) is 0 Å². The van der Waals surface area contributed by atoms with Crippen LogP contribution < -0.4 is 5.32 Å². The number of carbonyl (C=O) groups excluding carboxylic acids is 1. The van der Waals surface area contributed by atoms with E-state index in [1.54, 1.807) is 6.20 Å². The monoisotopic (exact) mass is 469 g/mol. The average Bonchev–Trinajstić information content (AvgIpc) is 3.28. The lowest BCUT2D eigenvalue weighted by Crippen LogP contribution is -2.42. The molecule has 8 heteroatoms. The summed E-state index contributed by atoms with van der Waals surface area (Å²) in [5, 5.41) is 11.2. The molecule has 0 spiro atoms. The number of aliphatic imine (C=N–C) groups is 1. The van der Waals surface area contributed by atoms with Gasteiger partial charge in [-0.25, -0.2) is 4.99 Å². The fraction of sp³-hybridized carbons (Fsp3) is 0.407. The number of nitrogens with one attached hydrogen (secondary N) is 2. The van der Waals surface area contributed by atoms with E-state index in [9.17, 15) is 4.79 Å². The van der Waals surface area contributed by atoms with Gasteiger partial charge in [-0.15, -0.1) is 0 Å². The second-order valence-corrected chi connectivity index (χ2v) is 9.75. The van der Waals surface area contributed by atoms with Crippen LogP contribution in [0.2, 0.25) is 0 Å². The van der Waals surface area contributed by atoms with E-state index in [0.717, 1.165) is 79.1 Å². The smallest absolute Gasteiger partial charge is 0.276 e. The van der Waals surface area contributed by atoms with Crippen LogP contribution in [-0.2, 0) is 6.54 Å². The van der Waals surface area contributed by atoms with Crippen molar-refractivity contribution in [3.8, 4) is 11.1 Å². The number of amides is 1. The number of fused-ring (bicyclic) bond motifs is 1. The number of nitrogens with zero attached hydrogens (tertiary/aromatic N) is 5. The molecule has 5 heterocycles. The lowest BCUT2D eigenvalue weighted by Gasteiger charge is -2.35. The fourth-order valence-electron chi connectivity index (χ4n) is 5.12. The largest absolute Gasteiger partial charge is 0.360 e. The summed E-state index contributed by atoms with van der Waals surface area (Å²) in [7, 11) is 0. The Morgan fingerprint density at radius 1 is 0.971 bits per heavy atom. The summed E-state index contributed by atoms with van der Waals surface area (Å²) < 4.78 is 0. The Morgan fingerprint density at radius 3 is 2.63 bits per heavy atom. The molecule has 2 aromatic heterocycles. The molecule has 0 bridgehead atoms. The van der Waals surface area contributed by atoms with Crippen molar-refractivity contribution in [2.45, 2.75) is 45.1 Å². The van der Waals surface area contributed by atoms with Crippen LogP contribution in [0.25, 0.3) is 22.0 Å². The van der Waals surface area contributed by atoms with Crippen LogP contribution >= 0.6 is 0 Å². The predicted molar refractivity (Wildman–Crippen MR) is 137 cm³/mol. The Balaban J connectivity index is 1.20. The second-order valence-electron chi connectivity index (χ2n) is 9.75. The third-order valence-corrected chi connectivity index (χ3v) is 7.24. The number of allylic oxidation sites excluding steroid dienone is 1. The van der Waals surface area contributed by atoms with Gasteiger partial charge in [-0.2, -0.15) is 5.10 Å². The van der Waals surface area contributed by atoms with Crippen molar-refractivity contribution >= 4 is 22.6 Å². The van der Waals surface area contributed by atoms with Crippen LogP contribution in [0.1, 0.15) is 54.6 Å². The van der Waals surface area contributed by atoms with Gasteiger partial charge in [0, 0.05) is 61.3 Å². The minimum absolute atomic E-state index is 0.209. The zero-order chi connectivity index (χ0) is 23.6. The van der Waals surface area contributed by atoms with Crippen LogP contribution in [0.15, 0.2) is 53.5 Å². The Bertz CT molecular complexity index is 1300. The van der Waals surface area contributed by atoms with Gasteiger partial charge >= 0.3 is 0 Å². The van der Waals surface area contributed by atoms with Gasteiger partial charge in [0.05, 0.1) is 5.52 Å². The summed E-state index contributed by atoms with van der Waals surface area (Å²) in [6.07, 6.45) is 12.4. The van der Waals surface area contributed by atoms with Crippen LogP contribution in [0, 0.1) is 0 Å². The Hall–Kier alpha value is -3.52. The molecule has 3 aliphatic heterocycles. The molecule has 6 rings (SSSR count). The van der Waals surface area contributed by atoms with Crippen molar-refractivity contribution in [3.05, 3.63) is 59.8 Å². The summed E-state index contributed by atoms with van der Waals surface area (Å²) in [5.74, 6) is 0.916. The number of H-pyrrole nitrogens is 1. The first kappa shape index (κ1) is 22.0. The van der Waals surface area contributed by atoms with Crippen molar-refractivity contribution in [3.63, 3.8) is 0 Å². The van der Waals surface area contributed by atoms with Gasteiger partial charge in [0.25, 0.3) is 5.91 Å². The lowest BCUT2D eigenvalue weighted by atomic mass is 10.0. The molecule has 2 N–H and O–H groups in total. The molecular formula is C27H31N7O. The summed E-state index contributed by atoms with van der Waals surface area (Å²) in [5.41, 5.74) is 5.38. The van der Waals surface area contributed by atoms with E-state index in [1.807, 2.05) is 24.5 Å². The van der Waals surface area contributed by atoms with Gasteiger partial charge < -0.3 is 10.2 Å². The number of hydrogen-bond acceptors (Lipinski definition) is 6. The van der Waals surface area contributed by atoms with Gasteiger partial charge in [-0.1, -0.05) is 12.5 Å². The summed E-state index contributed by atoms with van der Waals surface area (Å²) >= 11 is 0. The molecule has 2 saturated heterocycles. The Morgan fingerprint density at radius 2 is 1.86 bits per heavy atom. The first-order chi connectivity index (χ1) is 17.2. The normalized spacial score (nSPS) is 18.7. The molecular weight excluding hydrogens is 438 g/mol. The quantitative estimate of drug-likeness (QED) is 0.588.